The number of nitrogens with one attached hydrogen (secondary N) is 1. The Morgan fingerprint density at radius 1 is 1.40 bits per heavy atom. The third kappa shape index (κ3) is 1.72. The first kappa shape index (κ1) is 8.06. The molecule has 0 aromatic heterocycles. The van der Waals surface area contributed by atoms with Gasteiger partial charge in [-0.3, -0.25) is 0 Å². The quantitative estimate of drug-likeness (QED) is 0.589. The maximum atomic E-state index is 3.51. The molecule has 10 heavy (non-hydrogen) atoms. The Morgan fingerprint density at radius 3 is 2.50 bits per heavy atom. The van der Waals surface area contributed by atoms with Gasteiger partial charge in [-0.1, -0.05) is 13.8 Å². The van der Waals surface area contributed by atoms with Crippen molar-refractivity contribution in [3.8, 4) is 0 Å². The lowest BCUT2D eigenvalue weighted by molar-refractivity contribution is 0.232. The first-order valence-corrected chi connectivity index (χ1v) is 4.45. The maximum absolute atomic E-state index is 3.51. The molecule has 0 bridgehead atoms. The minimum Gasteiger partial charge on any atom is -0.314 e. The summed E-state index contributed by atoms with van der Waals surface area (Å²) in [6, 6.07) is 0.744. The van der Waals surface area contributed by atoms with Gasteiger partial charge in [0.15, 0.2) is 0 Å². The average Bonchev–Trinajstić information content (AvgIpc) is 1.88. The Balaban J connectivity index is 2.40. The SMILES string of the molecule is CC(C)[C@H]1CCCN[C@H]1C. The van der Waals surface area contributed by atoms with Gasteiger partial charge in [0, 0.05) is 6.04 Å². The van der Waals surface area contributed by atoms with E-state index in [9.17, 15) is 0 Å². The van der Waals surface area contributed by atoms with E-state index in [0.717, 1.165) is 17.9 Å². The van der Waals surface area contributed by atoms with Gasteiger partial charge in [0.2, 0.25) is 0 Å². The van der Waals surface area contributed by atoms with Crippen LogP contribution in [-0.2, 0) is 0 Å². The van der Waals surface area contributed by atoms with E-state index < -0.39 is 0 Å². The fourth-order valence-corrected chi connectivity index (χ4v) is 1.98. The predicted octanol–water partition coefficient (Wildman–Crippen LogP) is 2.03. The van der Waals surface area contributed by atoms with Crippen molar-refractivity contribution in [3.63, 3.8) is 0 Å². The van der Waals surface area contributed by atoms with Gasteiger partial charge in [-0.2, -0.15) is 0 Å². The third-order valence-corrected chi connectivity index (χ3v) is 2.68. The molecule has 0 saturated carbocycles. The molecular formula is C9H19N. The Hall–Kier alpha value is -0.0400. The molecule has 60 valence electrons. The molecule has 0 amide bonds. The van der Waals surface area contributed by atoms with Crippen LogP contribution in [-0.4, -0.2) is 12.6 Å². The van der Waals surface area contributed by atoms with Crippen molar-refractivity contribution in [1.29, 1.82) is 0 Å². The summed E-state index contributed by atoms with van der Waals surface area (Å²) in [4.78, 5) is 0. The lowest BCUT2D eigenvalue weighted by Crippen LogP contribution is -2.41. The normalized spacial score (nSPS) is 34.8. The monoisotopic (exact) mass is 141 g/mol. The van der Waals surface area contributed by atoms with Crippen LogP contribution in [0.3, 0.4) is 0 Å². The lowest BCUT2D eigenvalue weighted by atomic mass is 9.83. The summed E-state index contributed by atoms with van der Waals surface area (Å²) < 4.78 is 0. The minimum absolute atomic E-state index is 0.744. The van der Waals surface area contributed by atoms with E-state index in [2.05, 4.69) is 26.1 Å². The van der Waals surface area contributed by atoms with Crippen molar-refractivity contribution in [2.45, 2.75) is 39.7 Å². The summed E-state index contributed by atoms with van der Waals surface area (Å²) in [5.74, 6) is 1.76. The molecular weight excluding hydrogens is 122 g/mol. The summed E-state index contributed by atoms with van der Waals surface area (Å²) in [6.45, 7) is 8.19. The Bertz CT molecular complexity index is 98.9. The highest BCUT2D eigenvalue weighted by Gasteiger charge is 2.22. The average molecular weight is 141 g/mol. The first-order chi connectivity index (χ1) is 4.72. The minimum atomic E-state index is 0.744. The topological polar surface area (TPSA) is 12.0 Å². The number of hydrogen-bond acceptors (Lipinski definition) is 1. The summed E-state index contributed by atoms with van der Waals surface area (Å²) in [6.07, 6.45) is 2.79. The highest BCUT2D eigenvalue weighted by atomic mass is 14.9. The van der Waals surface area contributed by atoms with Crippen LogP contribution in [0.1, 0.15) is 33.6 Å². The molecule has 1 rings (SSSR count). The highest BCUT2D eigenvalue weighted by Crippen LogP contribution is 2.23. The van der Waals surface area contributed by atoms with Crippen LogP contribution in [0.25, 0.3) is 0 Å². The Labute approximate surface area is 64.2 Å². The van der Waals surface area contributed by atoms with Crippen LogP contribution in [0, 0.1) is 11.8 Å². The molecule has 1 nitrogen and oxygen atoms in total. The second-order valence-electron chi connectivity index (χ2n) is 3.79. The zero-order valence-electron chi connectivity index (χ0n) is 7.35. The predicted molar refractivity (Wildman–Crippen MR) is 45.0 cm³/mol. The Kier molecular flexibility index (Phi) is 2.72. The van der Waals surface area contributed by atoms with E-state index in [1.54, 1.807) is 0 Å². The van der Waals surface area contributed by atoms with Crippen LogP contribution in [0.15, 0.2) is 0 Å². The standard InChI is InChI=1S/C9H19N/c1-7(2)9-5-4-6-10-8(9)3/h7-10H,4-6H2,1-3H3/t8-,9+/m0/s1. The lowest BCUT2D eigenvalue weighted by Gasteiger charge is -2.32. The van der Waals surface area contributed by atoms with Crippen molar-refractivity contribution >= 4 is 0 Å². The van der Waals surface area contributed by atoms with Gasteiger partial charge in [0.05, 0.1) is 0 Å². The molecule has 1 heteroatoms. The number of rotatable bonds is 1. The van der Waals surface area contributed by atoms with Crippen LogP contribution < -0.4 is 5.32 Å². The first-order valence-electron chi connectivity index (χ1n) is 4.45. The largest absolute Gasteiger partial charge is 0.314 e. The Morgan fingerprint density at radius 2 is 2.10 bits per heavy atom. The summed E-state index contributed by atoms with van der Waals surface area (Å²) in [5, 5.41) is 3.51. The van der Waals surface area contributed by atoms with Gasteiger partial charge in [0.1, 0.15) is 0 Å². The van der Waals surface area contributed by atoms with Crippen molar-refractivity contribution in [2.75, 3.05) is 6.54 Å². The van der Waals surface area contributed by atoms with Gasteiger partial charge in [-0.05, 0) is 38.1 Å². The van der Waals surface area contributed by atoms with Gasteiger partial charge in [0.25, 0.3) is 0 Å². The van der Waals surface area contributed by atoms with E-state index in [0.29, 0.717) is 0 Å². The molecule has 0 aliphatic carbocycles. The molecule has 1 aliphatic heterocycles. The van der Waals surface area contributed by atoms with Crippen molar-refractivity contribution in [3.05, 3.63) is 0 Å². The van der Waals surface area contributed by atoms with Crippen LogP contribution in [0.2, 0.25) is 0 Å². The summed E-state index contributed by atoms with van der Waals surface area (Å²) in [7, 11) is 0. The molecule has 1 aliphatic rings. The van der Waals surface area contributed by atoms with E-state index in [1.807, 2.05) is 0 Å². The molecule has 2 atom stereocenters. The fraction of sp³-hybridized carbons (Fsp3) is 1.00. The molecule has 1 fully saturated rings. The van der Waals surface area contributed by atoms with Crippen LogP contribution in [0.4, 0.5) is 0 Å². The molecule has 1 N–H and O–H groups in total. The van der Waals surface area contributed by atoms with Gasteiger partial charge in [-0.15, -0.1) is 0 Å². The molecule has 0 unspecified atom stereocenters. The molecule has 0 aromatic carbocycles. The molecule has 0 radical (unpaired) electrons. The van der Waals surface area contributed by atoms with E-state index in [1.165, 1.54) is 19.4 Å². The zero-order chi connectivity index (χ0) is 7.56. The van der Waals surface area contributed by atoms with Crippen molar-refractivity contribution in [1.82, 2.24) is 5.32 Å². The van der Waals surface area contributed by atoms with Crippen molar-refractivity contribution in [2.24, 2.45) is 11.8 Å². The van der Waals surface area contributed by atoms with Crippen LogP contribution >= 0.6 is 0 Å². The second-order valence-corrected chi connectivity index (χ2v) is 3.79. The van der Waals surface area contributed by atoms with Gasteiger partial charge >= 0.3 is 0 Å². The highest BCUT2D eigenvalue weighted by molar-refractivity contribution is 4.79. The van der Waals surface area contributed by atoms with E-state index in [-0.39, 0.29) is 0 Å². The smallest absolute Gasteiger partial charge is 0.00694 e. The molecule has 1 heterocycles. The second kappa shape index (κ2) is 3.38. The van der Waals surface area contributed by atoms with E-state index >= 15 is 0 Å². The zero-order valence-corrected chi connectivity index (χ0v) is 7.35. The third-order valence-electron chi connectivity index (χ3n) is 2.68. The van der Waals surface area contributed by atoms with Crippen molar-refractivity contribution < 1.29 is 0 Å². The molecule has 0 aromatic rings. The number of hydrogen-bond donors (Lipinski definition) is 1. The molecule has 1 saturated heterocycles. The summed E-state index contributed by atoms with van der Waals surface area (Å²) in [5.41, 5.74) is 0. The number of piperidine rings is 1. The molecule has 0 spiro atoms. The fourth-order valence-electron chi connectivity index (χ4n) is 1.98. The van der Waals surface area contributed by atoms with E-state index in [4.69, 9.17) is 0 Å². The van der Waals surface area contributed by atoms with Gasteiger partial charge < -0.3 is 5.32 Å². The maximum Gasteiger partial charge on any atom is 0.00694 e. The summed E-state index contributed by atoms with van der Waals surface area (Å²) >= 11 is 0. The van der Waals surface area contributed by atoms with Gasteiger partial charge in [-0.25, -0.2) is 0 Å². The van der Waals surface area contributed by atoms with Crippen LogP contribution in [0.5, 0.6) is 0 Å².